The minimum atomic E-state index is -1.18. The van der Waals surface area contributed by atoms with E-state index in [2.05, 4.69) is 9.97 Å². The molecule has 0 aliphatic carbocycles. The molecule has 1 fully saturated rings. The van der Waals surface area contributed by atoms with Gasteiger partial charge in [0.15, 0.2) is 0 Å². The number of piperidine rings is 1. The number of rotatable bonds is 4. The van der Waals surface area contributed by atoms with E-state index in [-0.39, 0.29) is 24.5 Å². The SMILES string of the molecule is Nc1nccc(N2CCCC(Cc3ccc(F)cc3F)(C(=O)O)C2)n1. The second-order valence-corrected chi connectivity index (χ2v) is 6.30. The molecule has 2 aromatic rings. The fourth-order valence-electron chi connectivity index (χ4n) is 3.29. The number of carboxylic acid groups (broad SMARTS) is 1. The van der Waals surface area contributed by atoms with Crippen LogP contribution in [0.1, 0.15) is 18.4 Å². The number of carbonyl (C=O) groups is 1. The molecule has 0 amide bonds. The Labute approximate surface area is 143 Å². The number of hydrogen-bond donors (Lipinski definition) is 2. The van der Waals surface area contributed by atoms with Crippen molar-refractivity contribution in [1.29, 1.82) is 0 Å². The first-order chi connectivity index (χ1) is 11.9. The number of anilines is 2. The molecule has 1 saturated heterocycles. The Morgan fingerprint density at radius 3 is 2.84 bits per heavy atom. The molecule has 1 unspecified atom stereocenters. The number of nitrogens with zero attached hydrogens (tertiary/aromatic N) is 3. The molecule has 0 bridgehead atoms. The summed E-state index contributed by atoms with van der Waals surface area (Å²) < 4.78 is 27.1. The van der Waals surface area contributed by atoms with E-state index in [4.69, 9.17) is 5.73 Å². The average Bonchev–Trinajstić information content (AvgIpc) is 2.57. The largest absolute Gasteiger partial charge is 0.481 e. The van der Waals surface area contributed by atoms with E-state index in [1.54, 1.807) is 6.07 Å². The highest BCUT2D eigenvalue weighted by Gasteiger charge is 2.43. The molecule has 3 N–H and O–H groups in total. The van der Waals surface area contributed by atoms with Crippen molar-refractivity contribution in [2.24, 2.45) is 5.41 Å². The minimum absolute atomic E-state index is 0.0223. The Morgan fingerprint density at radius 2 is 2.16 bits per heavy atom. The predicted molar refractivity (Wildman–Crippen MR) is 88.0 cm³/mol. The number of aromatic nitrogens is 2. The summed E-state index contributed by atoms with van der Waals surface area (Å²) in [5, 5.41) is 9.83. The molecule has 1 aliphatic heterocycles. The number of nitrogen functional groups attached to an aromatic ring is 1. The Balaban J connectivity index is 1.90. The first kappa shape index (κ1) is 17.1. The number of nitrogens with two attached hydrogens (primary N) is 1. The van der Waals surface area contributed by atoms with Crippen molar-refractivity contribution in [2.75, 3.05) is 23.7 Å². The van der Waals surface area contributed by atoms with Crippen LogP contribution in [0.3, 0.4) is 0 Å². The molecule has 6 nitrogen and oxygen atoms in total. The molecule has 25 heavy (non-hydrogen) atoms. The van der Waals surface area contributed by atoms with Gasteiger partial charge in [-0.3, -0.25) is 4.79 Å². The molecule has 1 aliphatic rings. The molecule has 3 rings (SSSR count). The van der Waals surface area contributed by atoms with Crippen LogP contribution in [-0.2, 0) is 11.2 Å². The van der Waals surface area contributed by atoms with E-state index in [1.807, 2.05) is 4.90 Å². The zero-order chi connectivity index (χ0) is 18.0. The van der Waals surface area contributed by atoms with Gasteiger partial charge in [0.05, 0.1) is 5.41 Å². The third-order valence-electron chi connectivity index (χ3n) is 4.56. The van der Waals surface area contributed by atoms with Crippen LogP contribution in [0.2, 0.25) is 0 Å². The van der Waals surface area contributed by atoms with Gasteiger partial charge >= 0.3 is 5.97 Å². The van der Waals surface area contributed by atoms with Crippen molar-refractivity contribution >= 4 is 17.7 Å². The van der Waals surface area contributed by atoms with Crippen molar-refractivity contribution in [3.63, 3.8) is 0 Å². The van der Waals surface area contributed by atoms with Crippen LogP contribution in [0.15, 0.2) is 30.5 Å². The minimum Gasteiger partial charge on any atom is -0.481 e. The Kier molecular flexibility index (Phi) is 4.52. The molecule has 0 radical (unpaired) electrons. The lowest BCUT2D eigenvalue weighted by atomic mass is 9.75. The van der Waals surface area contributed by atoms with Crippen LogP contribution in [0.5, 0.6) is 0 Å². The number of benzene rings is 1. The van der Waals surface area contributed by atoms with Gasteiger partial charge in [-0.2, -0.15) is 4.98 Å². The van der Waals surface area contributed by atoms with Gasteiger partial charge in [-0.1, -0.05) is 6.07 Å². The van der Waals surface area contributed by atoms with E-state index in [1.165, 1.54) is 12.3 Å². The van der Waals surface area contributed by atoms with Gasteiger partial charge in [0.25, 0.3) is 0 Å². The van der Waals surface area contributed by atoms with Crippen LogP contribution in [0.25, 0.3) is 0 Å². The quantitative estimate of drug-likeness (QED) is 0.880. The van der Waals surface area contributed by atoms with Gasteiger partial charge in [-0.25, -0.2) is 13.8 Å². The first-order valence-electron chi connectivity index (χ1n) is 7.90. The van der Waals surface area contributed by atoms with Gasteiger partial charge in [0.2, 0.25) is 5.95 Å². The molecule has 8 heteroatoms. The second kappa shape index (κ2) is 6.62. The smallest absolute Gasteiger partial charge is 0.311 e. The topological polar surface area (TPSA) is 92.3 Å². The summed E-state index contributed by atoms with van der Waals surface area (Å²) in [6.07, 6.45) is 2.50. The summed E-state index contributed by atoms with van der Waals surface area (Å²) in [6, 6.07) is 4.88. The monoisotopic (exact) mass is 348 g/mol. The molecule has 1 aromatic heterocycles. The summed E-state index contributed by atoms with van der Waals surface area (Å²) in [4.78, 5) is 21.8. The highest BCUT2D eigenvalue weighted by molar-refractivity contribution is 5.76. The highest BCUT2D eigenvalue weighted by atomic mass is 19.1. The van der Waals surface area contributed by atoms with Crippen molar-refractivity contribution in [3.8, 4) is 0 Å². The van der Waals surface area contributed by atoms with Crippen LogP contribution in [0.4, 0.5) is 20.5 Å². The van der Waals surface area contributed by atoms with Crippen molar-refractivity contribution in [2.45, 2.75) is 19.3 Å². The fraction of sp³-hybridized carbons (Fsp3) is 0.353. The average molecular weight is 348 g/mol. The Morgan fingerprint density at radius 1 is 1.36 bits per heavy atom. The molecular formula is C17H18F2N4O2. The standard InChI is InChI=1S/C17H18F2N4O2/c18-12-3-2-11(13(19)8-12)9-17(15(24)25)5-1-7-23(10-17)14-4-6-21-16(20)22-14/h2-4,6,8H,1,5,7,9-10H2,(H,24,25)(H2,20,21,22). The number of aliphatic carboxylic acids is 1. The Bertz CT molecular complexity index is 802. The maximum atomic E-state index is 14.0. The van der Waals surface area contributed by atoms with Crippen LogP contribution >= 0.6 is 0 Å². The summed E-state index contributed by atoms with van der Waals surface area (Å²) in [5.74, 6) is -1.79. The summed E-state index contributed by atoms with van der Waals surface area (Å²) >= 11 is 0. The second-order valence-electron chi connectivity index (χ2n) is 6.30. The van der Waals surface area contributed by atoms with Gasteiger partial charge in [0, 0.05) is 25.4 Å². The molecule has 1 atom stereocenters. The normalized spacial score (nSPS) is 20.5. The summed E-state index contributed by atoms with van der Waals surface area (Å²) in [6.45, 7) is 0.785. The first-order valence-corrected chi connectivity index (χ1v) is 7.90. The zero-order valence-electron chi connectivity index (χ0n) is 13.5. The van der Waals surface area contributed by atoms with Crippen LogP contribution in [0, 0.1) is 17.0 Å². The molecular weight excluding hydrogens is 330 g/mol. The van der Waals surface area contributed by atoms with E-state index in [0.717, 1.165) is 12.1 Å². The molecule has 132 valence electrons. The summed E-state index contributed by atoms with van der Waals surface area (Å²) in [7, 11) is 0. The maximum absolute atomic E-state index is 14.0. The van der Waals surface area contributed by atoms with Crippen molar-refractivity contribution in [1.82, 2.24) is 9.97 Å². The van der Waals surface area contributed by atoms with E-state index >= 15 is 0 Å². The molecule has 0 saturated carbocycles. The zero-order valence-corrected chi connectivity index (χ0v) is 13.5. The lowest BCUT2D eigenvalue weighted by Gasteiger charge is -2.40. The molecule has 0 spiro atoms. The summed E-state index contributed by atoms with van der Waals surface area (Å²) in [5.41, 5.74) is 4.60. The fourth-order valence-corrected chi connectivity index (χ4v) is 3.29. The van der Waals surface area contributed by atoms with E-state index < -0.39 is 23.0 Å². The van der Waals surface area contributed by atoms with Gasteiger partial charge in [0.1, 0.15) is 17.5 Å². The lowest BCUT2D eigenvalue weighted by Crippen LogP contribution is -2.49. The number of hydrogen-bond acceptors (Lipinski definition) is 5. The van der Waals surface area contributed by atoms with Crippen LogP contribution in [-0.4, -0.2) is 34.1 Å². The third-order valence-corrected chi connectivity index (χ3v) is 4.56. The maximum Gasteiger partial charge on any atom is 0.311 e. The number of carboxylic acids is 1. The number of halogens is 2. The molecule has 2 heterocycles. The lowest BCUT2D eigenvalue weighted by molar-refractivity contribution is -0.149. The van der Waals surface area contributed by atoms with Crippen molar-refractivity contribution < 1.29 is 18.7 Å². The highest BCUT2D eigenvalue weighted by Crippen LogP contribution is 2.36. The van der Waals surface area contributed by atoms with Crippen molar-refractivity contribution in [3.05, 3.63) is 47.7 Å². The van der Waals surface area contributed by atoms with Gasteiger partial charge < -0.3 is 15.7 Å². The Hall–Kier alpha value is -2.77. The van der Waals surface area contributed by atoms with E-state index in [0.29, 0.717) is 25.2 Å². The predicted octanol–water partition coefficient (Wildman–Crippen LogP) is 2.25. The molecule has 1 aromatic carbocycles. The van der Waals surface area contributed by atoms with E-state index in [9.17, 15) is 18.7 Å². The third kappa shape index (κ3) is 3.52. The van der Waals surface area contributed by atoms with Gasteiger partial charge in [-0.05, 0) is 37.0 Å². The van der Waals surface area contributed by atoms with Gasteiger partial charge in [-0.15, -0.1) is 0 Å². The van der Waals surface area contributed by atoms with Crippen LogP contribution < -0.4 is 10.6 Å².